The summed E-state index contributed by atoms with van der Waals surface area (Å²) < 4.78 is 28.5. The molecule has 2 unspecified atom stereocenters. The largest absolute Gasteiger partial charge is 0.247 e. The Kier molecular flexibility index (Phi) is 6.44. The van der Waals surface area contributed by atoms with Crippen molar-refractivity contribution in [1.82, 2.24) is 0 Å². The van der Waals surface area contributed by atoms with E-state index in [0.717, 1.165) is 5.92 Å². The van der Waals surface area contributed by atoms with Crippen LogP contribution < -0.4 is 0 Å². The van der Waals surface area contributed by atoms with Crippen LogP contribution in [0.3, 0.4) is 0 Å². The maximum atomic E-state index is 14.2. The standard InChI is InChI=1S/C26H44F2/c1-3-4-5-10-25-11-14-26(15-12-25,16-13-25)22-8-6-20(7-9-22)21-17-23(27)19(2)24(28)18-21/h19-24H,3-18H2,1-2H3. The molecule has 0 aliphatic heterocycles. The van der Waals surface area contributed by atoms with E-state index in [1.54, 1.807) is 6.92 Å². The molecule has 0 aromatic rings. The molecule has 5 rings (SSSR count). The van der Waals surface area contributed by atoms with Crippen LogP contribution in [0.25, 0.3) is 0 Å². The van der Waals surface area contributed by atoms with E-state index in [1.165, 1.54) is 89.9 Å². The quantitative estimate of drug-likeness (QED) is 0.396. The zero-order chi connectivity index (χ0) is 19.8. The lowest BCUT2D eigenvalue weighted by molar-refractivity contribution is -0.0702. The van der Waals surface area contributed by atoms with Crippen molar-refractivity contribution in [3.8, 4) is 0 Å². The van der Waals surface area contributed by atoms with Crippen molar-refractivity contribution >= 4 is 0 Å². The van der Waals surface area contributed by atoms with Gasteiger partial charge in [-0.05, 0) is 112 Å². The van der Waals surface area contributed by atoms with E-state index in [0.29, 0.717) is 35.5 Å². The summed E-state index contributed by atoms with van der Waals surface area (Å²) in [6.45, 7) is 4.08. The summed E-state index contributed by atoms with van der Waals surface area (Å²) in [6, 6.07) is 0. The molecule has 162 valence electrons. The maximum absolute atomic E-state index is 14.2. The Morgan fingerprint density at radius 1 is 0.750 bits per heavy atom. The van der Waals surface area contributed by atoms with Crippen LogP contribution in [0.2, 0.25) is 0 Å². The maximum Gasteiger partial charge on any atom is 0.106 e. The Morgan fingerprint density at radius 3 is 1.86 bits per heavy atom. The molecule has 0 heterocycles. The Bertz CT molecular complexity index is 470. The average molecular weight is 395 g/mol. The first kappa shape index (κ1) is 21.1. The predicted octanol–water partition coefficient (Wildman–Crippen LogP) is 8.44. The van der Waals surface area contributed by atoms with E-state index in [2.05, 4.69) is 6.92 Å². The van der Waals surface area contributed by atoms with Gasteiger partial charge in [-0.1, -0.05) is 33.1 Å². The molecule has 0 radical (unpaired) electrons. The molecule has 0 amide bonds. The van der Waals surface area contributed by atoms with Crippen molar-refractivity contribution in [3.05, 3.63) is 0 Å². The summed E-state index contributed by atoms with van der Waals surface area (Å²) in [5.41, 5.74) is 1.35. The minimum absolute atomic E-state index is 0.309. The first-order valence-corrected chi connectivity index (χ1v) is 12.8. The van der Waals surface area contributed by atoms with Crippen molar-refractivity contribution in [2.24, 2.45) is 34.5 Å². The van der Waals surface area contributed by atoms with Crippen LogP contribution >= 0.6 is 0 Å². The van der Waals surface area contributed by atoms with E-state index >= 15 is 0 Å². The SMILES string of the molecule is CCCCCC12CCC(C3CCC(C4CC(F)C(C)C(F)C4)CC3)(CC1)CC2. The molecule has 28 heavy (non-hydrogen) atoms. The van der Waals surface area contributed by atoms with E-state index in [9.17, 15) is 8.78 Å². The normalized spacial score (nSPS) is 49.3. The highest BCUT2D eigenvalue weighted by Gasteiger charge is 2.52. The van der Waals surface area contributed by atoms with Crippen LogP contribution in [-0.4, -0.2) is 12.3 Å². The molecule has 5 fully saturated rings. The second-order valence-electron chi connectivity index (χ2n) is 11.6. The van der Waals surface area contributed by atoms with Gasteiger partial charge in [0.25, 0.3) is 0 Å². The van der Waals surface area contributed by atoms with E-state index in [1.807, 2.05) is 0 Å². The molecular formula is C26H44F2. The molecule has 2 atom stereocenters. The lowest BCUT2D eigenvalue weighted by Crippen LogP contribution is -2.46. The third kappa shape index (κ3) is 4.04. The topological polar surface area (TPSA) is 0 Å². The summed E-state index contributed by atoms with van der Waals surface area (Å²) in [5.74, 6) is 1.43. The van der Waals surface area contributed by atoms with Gasteiger partial charge < -0.3 is 0 Å². The monoisotopic (exact) mass is 394 g/mol. The van der Waals surface area contributed by atoms with Crippen molar-refractivity contribution < 1.29 is 8.78 Å². The molecule has 2 heteroatoms. The Labute approximate surface area is 172 Å². The second kappa shape index (κ2) is 8.54. The van der Waals surface area contributed by atoms with Crippen LogP contribution in [-0.2, 0) is 0 Å². The van der Waals surface area contributed by atoms with Gasteiger partial charge in [-0.2, -0.15) is 0 Å². The van der Waals surface area contributed by atoms with Gasteiger partial charge in [0.2, 0.25) is 0 Å². The number of hydrogen-bond donors (Lipinski definition) is 0. The van der Waals surface area contributed by atoms with Gasteiger partial charge in [-0.3, -0.25) is 0 Å². The third-order valence-corrected chi connectivity index (χ3v) is 10.3. The summed E-state index contributed by atoms with van der Waals surface area (Å²) in [5, 5.41) is 0. The molecule has 0 spiro atoms. The van der Waals surface area contributed by atoms with Gasteiger partial charge in [0.05, 0.1) is 0 Å². The summed E-state index contributed by atoms with van der Waals surface area (Å²) in [6.07, 6.45) is 19.2. The molecule has 0 N–H and O–H groups in total. The van der Waals surface area contributed by atoms with Gasteiger partial charge >= 0.3 is 0 Å². The fourth-order valence-corrected chi connectivity index (χ4v) is 7.95. The van der Waals surface area contributed by atoms with E-state index < -0.39 is 12.3 Å². The fraction of sp³-hybridized carbons (Fsp3) is 1.00. The molecule has 5 aliphatic carbocycles. The summed E-state index contributed by atoms with van der Waals surface area (Å²) >= 11 is 0. The smallest absolute Gasteiger partial charge is 0.106 e. The molecule has 5 saturated carbocycles. The number of alkyl halides is 2. The van der Waals surface area contributed by atoms with Crippen molar-refractivity contribution in [3.63, 3.8) is 0 Å². The summed E-state index contributed by atoms with van der Waals surface area (Å²) in [7, 11) is 0. The molecular weight excluding hydrogens is 350 g/mol. The van der Waals surface area contributed by atoms with Crippen molar-refractivity contribution in [1.29, 1.82) is 0 Å². The van der Waals surface area contributed by atoms with Crippen LogP contribution in [0, 0.1) is 34.5 Å². The minimum Gasteiger partial charge on any atom is -0.247 e. The van der Waals surface area contributed by atoms with Gasteiger partial charge in [-0.15, -0.1) is 0 Å². The number of unbranched alkanes of at least 4 members (excludes halogenated alkanes) is 2. The van der Waals surface area contributed by atoms with Gasteiger partial charge in [0.15, 0.2) is 0 Å². The fourth-order valence-electron chi connectivity index (χ4n) is 7.95. The Hall–Kier alpha value is -0.140. The first-order chi connectivity index (χ1) is 13.5. The van der Waals surface area contributed by atoms with Crippen LogP contribution in [0.4, 0.5) is 8.78 Å². The van der Waals surface area contributed by atoms with Gasteiger partial charge in [0.1, 0.15) is 12.3 Å². The number of hydrogen-bond acceptors (Lipinski definition) is 0. The molecule has 0 aromatic heterocycles. The number of halogens is 2. The van der Waals surface area contributed by atoms with Crippen molar-refractivity contribution in [2.75, 3.05) is 0 Å². The summed E-state index contributed by atoms with van der Waals surface area (Å²) in [4.78, 5) is 0. The van der Waals surface area contributed by atoms with Gasteiger partial charge in [-0.25, -0.2) is 8.78 Å². The third-order valence-electron chi connectivity index (χ3n) is 10.3. The number of fused-ring (bicyclic) bond motifs is 3. The lowest BCUT2D eigenvalue weighted by atomic mass is 9.47. The Balaban J connectivity index is 1.28. The molecule has 5 aliphatic rings. The predicted molar refractivity (Wildman–Crippen MR) is 114 cm³/mol. The second-order valence-corrected chi connectivity index (χ2v) is 11.6. The zero-order valence-electron chi connectivity index (χ0n) is 18.5. The minimum atomic E-state index is -0.914. The van der Waals surface area contributed by atoms with Crippen molar-refractivity contribution in [2.45, 2.75) is 129 Å². The molecule has 2 bridgehead atoms. The highest BCUT2D eigenvalue weighted by Crippen LogP contribution is 2.63. The molecule has 0 saturated heterocycles. The Morgan fingerprint density at radius 2 is 1.32 bits per heavy atom. The van der Waals surface area contributed by atoms with E-state index in [4.69, 9.17) is 0 Å². The van der Waals surface area contributed by atoms with Crippen LogP contribution in [0.1, 0.15) is 117 Å². The average Bonchev–Trinajstić information content (AvgIpc) is 2.73. The molecule has 0 nitrogen and oxygen atoms in total. The lowest BCUT2D eigenvalue weighted by Gasteiger charge is -2.58. The van der Waals surface area contributed by atoms with Gasteiger partial charge in [0, 0.05) is 5.92 Å². The van der Waals surface area contributed by atoms with Crippen LogP contribution in [0.5, 0.6) is 0 Å². The molecule has 0 aromatic carbocycles. The zero-order valence-corrected chi connectivity index (χ0v) is 18.5. The van der Waals surface area contributed by atoms with E-state index in [-0.39, 0.29) is 5.92 Å². The first-order valence-electron chi connectivity index (χ1n) is 12.8. The van der Waals surface area contributed by atoms with Crippen LogP contribution in [0.15, 0.2) is 0 Å². The highest BCUT2D eigenvalue weighted by molar-refractivity contribution is 5.03. The number of rotatable bonds is 6. The highest BCUT2D eigenvalue weighted by atomic mass is 19.1.